The zero-order valence-corrected chi connectivity index (χ0v) is 6.70. The van der Waals surface area contributed by atoms with Crippen molar-refractivity contribution in [2.45, 2.75) is 0 Å². The Bertz CT molecular complexity index is 306. The number of nitriles is 1. The molecule has 0 spiro atoms. The van der Waals surface area contributed by atoms with E-state index in [1.165, 1.54) is 0 Å². The first-order valence-corrected chi connectivity index (χ1v) is 3.72. The van der Waals surface area contributed by atoms with E-state index in [2.05, 4.69) is 0 Å². The van der Waals surface area contributed by atoms with Gasteiger partial charge in [0.15, 0.2) is 0 Å². The highest BCUT2D eigenvalue weighted by atomic mass is 14.5. The van der Waals surface area contributed by atoms with Gasteiger partial charge >= 0.3 is 0 Å². The second-order valence-corrected chi connectivity index (χ2v) is 2.40. The average Bonchev–Trinajstić information content (AvgIpc) is 2.16. The number of benzene rings is 1. The van der Waals surface area contributed by atoms with E-state index >= 15 is 0 Å². The summed E-state index contributed by atoms with van der Waals surface area (Å²) in [4.78, 5) is 0. The first-order valence-electron chi connectivity index (χ1n) is 3.72. The van der Waals surface area contributed by atoms with Gasteiger partial charge in [-0.05, 0) is 11.6 Å². The Morgan fingerprint density at radius 2 is 2.08 bits per heavy atom. The Balaban J connectivity index is 2.88. The van der Waals surface area contributed by atoms with E-state index in [1.807, 2.05) is 36.4 Å². The van der Waals surface area contributed by atoms with Gasteiger partial charge in [-0.2, -0.15) is 5.26 Å². The van der Waals surface area contributed by atoms with Crippen LogP contribution in [0.3, 0.4) is 0 Å². The standard InChI is InChI=1S/C10H10N2/c11-7-10(8-12)6-9-4-2-1-3-5-9/h1-6H,7,11H2. The summed E-state index contributed by atoms with van der Waals surface area (Å²) in [5.41, 5.74) is 6.95. The van der Waals surface area contributed by atoms with E-state index in [4.69, 9.17) is 11.0 Å². The number of nitrogens with zero attached hydrogens (tertiary/aromatic N) is 1. The molecule has 0 aliphatic heterocycles. The Hall–Kier alpha value is -1.59. The minimum Gasteiger partial charge on any atom is -0.326 e. The van der Waals surface area contributed by atoms with Crippen LogP contribution >= 0.6 is 0 Å². The van der Waals surface area contributed by atoms with E-state index in [0.29, 0.717) is 12.1 Å². The van der Waals surface area contributed by atoms with Gasteiger partial charge in [-0.15, -0.1) is 0 Å². The van der Waals surface area contributed by atoms with Crippen molar-refractivity contribution < 1.29 is 0 Å². The van der Waals surface area contributed by atoms with Crippen molar-refractivity contribution in [2.24, 2.45) is 5.73 Å². The van der Waals surface area contributed by atoms with E-state index in [1.54, 1.807) is 6.08 Å². The van der Waals surface area contributed by atoms with Crippen molar-refractivity contribution >= 4 is 6.08 Å². The van der Waals surface area contributed by atoms with E-state index in [-0.39, 0.29) is 0 Å². The molecule has 0 aliphatic rings. The normalized spacial score (nSPS) is 10.8. The Kier molecular flexibility index (Phi) is 3.06. The Labute approximate surface area is 71.9 Å². The van der Waals surface area contributed by atoms with Crippen LogP contribution in [0.2, 0.25) is 0 Å². The molecule has 60 valence electrons. The third kappa shape index (κ3) is 2.22. The maximum atomic E-state index is 8.59. The van der Waals surface area contributed by atoms with Gasteiger partial charge in [0, 0.05) is 12.1 Å². The van der Waals surface area contributed by atoms with Crippen molar-refractivity contribution in [3.8, 4) is 6.07 Å². The predicted octanol–water partition coefficient (Wildman–Crippen LogP) is 1.55. The van der Waals surface area contributed by atoms with Gasteiger partial charge in [-0.1, -0.05) is 30.3 Å². The molecule has 2 N–H and O–H groups in total. The fraction of sp³-hybridized carbons (Fsp3) is 0.100. The molecule has 0 fully saturated rings. The minimum absolute atomic E-state index is 0.297. The summed E-state index contributed by atoms with van der Waals surface area (Å²) in [5, 5.41) is 8.59. The fourth-order valence-electron chi connectivity index (χ4n) is 0.887. The van der Waals surface area contributed by atoms with Crippen LogP contribution in [0.1, 0.15) is 5.56 Å². The lowest BCUT2D eigenvalue weighted by Crippen LogP contribution is -2.00. The first kappa shape index (κ1) is 8.51. The van der Waals surface area contributed by atoms with Crippen molar-refractivity contribution in [3.05, 3.63) is 41.5 Å². The second kappa shape index (κ2) is 4.32. The minimum atomic E-state index is 0.297. The van der Waals surface area contributed by atoms with Gasteiger partial charge in [-0.25, -0.2) is 0 Å². The summed E-state index contributed by atoms with van der Waals surface area (Å²) in [6.07, 6.45) is 1.79. The van der Waals surface area contributed by atoms with Crippen LogP contribution in [-0.4, -0.2) is 6.54 Å². The molecule has 12 heavy (non-hydrogen) atoms. The van der Waals surface area contributed by atoms with Crippen LogP contribution < -0.4 is 5.73 Å². The van der Waals surface area contributed by atoms with Crippen LogP contribution in [0.4, 0.5) is 0 Å². The molecule has 0 saturated carbocycles. The summed E-state index contributed by atoms with van der Waals surface area (Å²) < 4.78 is 0. The highest BCUT2D eigenvalue weighted by Gasteiger charge is 1.90. The first-order chi connectivity index (χ1) is 5.86. The lowest BCUT2D eigenvalue weighted by atomic mass is 10.1. The number of rotatable bonds is 2. The van der Waals surface area contributed by atoms with E-state index in [9.17, 15) is 0 Å². The maximum absolute atomic E-state index is 8.59. The summed E-state index contributed by atoms with van der Waals surface area (Å²) in [6.45, 7) is 0.297. The lowest BCUT2D eigenvalue weighted by molar-refractivity contribution is 1.20. The summed E-state index contributed by atoms with van der Waals surface area (Å²) in [5.74, 6) is 0. The highest BCUT2D eigenvalue weighted by Crippen LogP contribution is 2.04. The maximum Gasteiger partial charge on any atom is 0.0960 e. The molecule has 1 aromatic carbocycles. The van der Waals surface area contributed by atoms with E-state index in [0.717, 1.165) is 5.56 Å². The number of nitrogens with two attached hydrogens (primary N) is 1. The zero-order chi connectivity index (χ0) is 8.81. The number of hydrogen-bond acceptors (Lipinski definition) is 2. The van der Waals surface area contributed by atoms with Crippen LogP contribution in [0.25, 0.3) is 6.08 Å². The molecular weight excluding hydrogens is 148 g/mol. The molecule has 0 bridgehead atoms. The fourth-order valence-corrected chi connectivity index (χ4v) is 0.887. The SMILES string of the molecule is N#CC(=Cc1ccccc1)CN. The van der Waals surface area contributed by atoms with Crippen LogP contribution in [-0.2, 0) is 0 Å². The molecule has 0 saturated heterocycles. The van der Waals surface area contributed by atoms with Crippen LogP contribution in [0.15, 0.2) is 35.9 Å². The summed E-state index contributed by atoms with van der Waals surface area (Å²) in [7, 11) is 0. The van der Waals surface area contributed by atoms with Crippen LogP contribution in [0.5, 0.6) is 0 Å². The zero-order valence-electron chi connectivity index (χ0n) is 6.70. The molecule has 0 aliphatic carbocycles. The van der Waals surface area contributed by atoms with Gasteiger partial charge < -0.3 is 5.73 Å². The van der Waals surface area contributed by atoms with Gasteiger partial charge in [0.1, 0.15) is 0 Å². The molecule has 2 heteroatoms. The average molecular weight is 158 g/mol. The van der Waals surface area contributed by atoms with Crippen molar-refractivity contribution in [2.75, 3.05) is 6.54 Å². The summed E-state index contributed by atoms with van der Waals surface area (Å²) >= 11 is 0. The molecule has 1 aromatic rings. The molecule has 0 aromatic heterocycles. The molecule has 0 atom stereocenters. The molecular formula is C10H10N2. The van der Waals surface area contributed by atoms with Crippen molar-refractivity contribution in [3.63, 3.8) is 0 Å². The van der Waals surface area contributed by atoms with Gasteiger partial charge in [0.2, 0.25) is 0 Å². The summed E-state index contributed by atoms with van der Waals surface area (Å²) in [6, 6.07) is 11.7. The molecule has 0 unspecified atom stereocenters. The van der Waals surface area contributed by atoms with E-state index < -0.39 is 0 Å². The lowest BCUT2D eigenvalue weighted by Gasteiger charge is -1.93. The van der Waals surface area contributed by atoms with Gasteiger partial charge in [0.05, 0.1) is 6.07 Å². The third-order valence-corrected chi connectivity index (χ3v) is 1.50. The molecule has 0 heterocycles. The van der Waals surface area contributed by atoms with Crippen molar-refractivity contribution in [1.82, 2.24) is 0 Å². The Morgan fingerprint density at radius 3 is 2.58 bits per heavy atom. The van der Waals surface area contributed by atoms with Crippen molar-refractivity contribution in [1.29, 1.82) is 5.26 Å². The largest absolute Gasteiger partial charge is 0.326 e. The Morgan fingerprint density at radius 1 is 1.42 bits per heavy atom. The smallest absolute Gasteiger partial charge is 0.0960 e. The van der Waals surface area contributed by atoms with Gasteiger partial charge in [0.25, 0.3) is 0 Å². The highest BCUT2D eigenvalue weighted by molar-refractivity contribution is 5.57. The molecule has 0 radical (unpaired) electrons. The quantitative estimate of drug-likeness (QED) is 0.664. The monoisotopic (exact) mass is 158 g/mol. The molecule has 1 rings (SSSR count). The predicted molar refractivity (Wildman–Crippen MR) is 49.1 cm³/mol. The second-order valence-electron chi connectivity index (χ2n) is 2.40. The third-order valence-electron chi connectivity index (χ3n) is 1.50. The number of hydrogen-bond donors (Lipinski definition) is 1. The molecule has 0 amide bonds. The van der Waals surface area contributed by atoms with Crippen LogP contribution in [0, 0.1) is 11.3 Å². The van der Waals surface area contributed by atoms with Gasteiger partial charge in [-0.3, -0.25) is 0 Å². The topological polar surface area (TPSA) is 49.8 Å². The molecule has 2 nitrogen and oxygen atoms in total.